The predicted molar refractivity (Wildman–Crippen MR) is 70.7 cm³/mol. The van der Waals surface area contributed by atoms with E-state index >= 15 is 0 Å². The van der Waals surface area contributed by atoms with Crippen LogP contribution >= 0.6 is 11.8 Å². The average Bonchev–Trinajstić information content (AvgIpc) is 2.23. The quantitative estimate of drug-likeness (QED) is 0.774. The summed E-state index contributed by atoms with van der Waals surface area (Å²) in [6.07, 6.45) is 3.23. The molecule has 1 aromatic heterocycles. The molecular formula is C12H21N3S. The Morgan fingerprint density at radius 3 is 2.31 bits per heavy atom. The van der Waals surface area contributed by atoms with E-state index in [1.807, 2.05) is 0 Å². The van der Waals surface area contributed by atoms with Gasteiger partial charge < -0.3 is 5.32 Å². The highest BCUT2D eigenvalue weighted by Gasteiger charge is 2.07. The first-order chi connectivity index (χ1) is 7.69. The Kier molecular flexibility index (Phi) is 5.77. The van der Waals surface area contributed by atoms with Gasteiger partial charge in [0, 0.05) is 23.5 Å². The van der Waals surface area contributed by atoms with E-state index in [4.69, 9.17) is 0 Å². The molecule has 16 heavy (non-hydrogen) atoms. The van der Waals surface area contributed by atoms with Crippen molar-refractivity contribution in [2.45, 2.75) is 39.5 Å². The molecule has 0 fully saturated rings. The van der Waals surface area contributed by atoms with Crippen LogP contribution in [0, 0.1) is 13.8 Å². The molecule has 0 aliphatic carbocycles. The standard InChI is InChI=1S/C12H21N3S/c1-5-6-13-7-11-9(2)14-12(8-16-4)15-10(11)3/h13H,5-8H2,1-4H3. The van der Waals surface area contributed by atoms with Crippen LogP contribution in [0.3, 0.4) is 0 Å². The fourth-order valence-electron chi connectivity index (χ4n) is 1.65. The number of thioether (sulfide) groups is 1. The summed E-state index contributed by atoms with van der Waals surface area (Å²) in [5.41, 5.74) is 3.47. The molecule has 0 radical (unpaired) electrons. The highest BCUT2D eigenvalue weighted by molar-refractivity contribution is 7.97. The Hall–Kier alpha value is -0.610. The van der Waals surface area contributed by atoms with Gasteiger partial charge in [0.25, 0.3) is 0 Å². The van der Waals surface area contributed by atoms with E-state index in [1.54, 1.807) is 11.8 Å². The van der Waals surface area contributed by atoms with Crippen molar-refractivity contribution in [2.75, 3.05) is 12.8 Å². The van der Waals surface area contributed by atoms with Crippen molar-refractivity contribution in [3.05, 3.63) is 22.8 Å². The number of aryl methyl sites for hydroxylation is 2. The number of nitrogens with one attached hydrogen (secondary N) is 1. The summed E-state index contributed by atoms with van der Waals surface area (Å²) < 4.78 is 0. The van der Waals surface area contributed by atoms with Crippen LogP contribution < -0.4 is 5.32 Å². The molecule has 0 saturated heterocycles. The maximum absolute atomic E-state index is 4.53. The molecule has 0 atom stereocenters. The van der Waals surface area contributed by atoms with Gasteiger partial charge in [-0.15, -0.1) is 0 Å². The zero-order valence-corrected chi connectivity index (χ0v) is 11.4. The summed E-state index contributed by atoms with van der Waals surface area (Å²) in [6.45, 7) is 8.24. The number of hydrogen-bond donors (Lipinski definition) is 1. The highest BCUT2D eigenvalue weighted by atomic mass is 32.2. The third kappa shape index (κ3) is 3.76. The van der Waals surface area contributed by atoms with Crippen LogP contribution in [0.5, 0.6) is 0 Å². The Morgan fingerprint density at radius 1 is 1.19 bits per heavy atom. The van der Waals surface area contributed by atoms with Crippen LogP contribution in [0.2, 0.25) is 0 Å². The normalized spacial score (nSPS) is 10.8. The third-order valence-electron chi connectivity index (χ3n) is 2.47. The topological polar surface area (TPSA) is 37.8 Å². The second-order valence-electron chi connectivity index (χ2n) is 3.90. The van der Waals surface area contributed by atoms with Crippen molar-refractivity contribution in [3.63, 3.8) is 0 Å². The maximum atomic E-state index is 4.53. The van der Waals surface area contributed by atoms with Gasteiger partial charge in [-0.3, -0.25) is 0 Å². The summed E-state index contributed by atoms with van der Waals surface area (Å²) in [5.74, 6) is 1.84. The summed E-state index contributed by atoms with van der Waals surface area (Å²) in [5, 5.41) is 3.40. The first-order valence-electron chi connectivity index (χ1n) is 5.71. The van der Waals surface area contributed by atoms with Gasteiger partial charge in [0.2, 0.25) is 0 Å². The Morgan fingerprint density at radius 2 is 1.81 bits per heavy atom. The summed E-state index contributed by atoms with van der Waals surface area (Å²) in [7, 11) is 0. The lowest BCUT2D eigenvalue weighted by Gasteiger charge is -2.11. The molecule has 4 heteroatoms. The molecular weight excluding hydrogens is 218 g/mol. The number of rotatable bonds is 6. The molecule has 0 unspecified atom stereocenters. The number of hydrogen-bond acceptors (Lipinski definition) is 4. The third-order valence-corrected chi connectivity index (χ3v) is 3.02. The smallest absolute Gasteiger partial charge is 0.138 e. The molecule has 0 spiro atoms. The van der Waals surface area contributed by atoms with E-state index < -0.39 is 0 Å². The van der Waals surface area contributed by atoms with E-state index in [1.165, 1.54) is 5.56 Å². The van der Waals surface area contributed by atoms with Gasteiger partial charge in [0.1, 0.15) is 5.82 Å². The second kappa shape index (κ2) is 6.86. The monoisotopic (exact) mass is 239 g/mol. The van der Waals surface area contributed by atoms with Crippen LogP contribution in [0.25, 0.3) is 0 Å². The molecule has 3 nitrogen and oxygen atoms in total. The minimum Gasteiger partial charge on any atom is -0.313 e. The Bertz CT molecular complexity index is 316. The predicted octanol–water partition coefficient (Wildman–Crippen LogP) is 2.46. The Balaban J connectivity index is 2.77. The first-order valence-corrected chi connectivity index (χ1v) is 7.11. The van der Waals surface area contributed by atoms with Crippen LogP contribution in [0.1, 0.15) is 36.1 Å². The lowest BCUT2D eigenvalue weighted by Crippen LogP contribution is -2.17. The summed E-state index contributed by atoms with van der Waals surface area (Å²) in [4.78, 5) is 9.06. The second-order valence-corrected chi connectivity index (χ2v) is 4.77. The minimum atomic E-state index is 0.880. The molecule has 1 aromatic rings. The zero-order valence-electron chi connectivity index (χ0n) is 10.6. The fourth-order valence-corrected chi connectivity index (χ4v) is 2.04. The van der Waals surface area contributed by atoms with E-state index in [2.05, 4.69) is 42.3 Å². The average molecular weight is 239 g/mol. The van der Waals surface area contributed by atoms with Crippen LogP contribution in [0.15, 0.2) is 0 Å². The zero-order chi connectivity index (χ0) is 12.0. The van der Waals surface area contributed by atoms with E-state index in [0.29, 0.717) is 0 Å². The number of nitrogens with zero attached hydrogens (tertiary/aromatic N) is 2. The lowest BCUT2D eigenvalue weighted by atomic mass is 10.1. The lowest BCUT2D eigenvalue weighted by molar-refractivity contribution is 0.663. The molecule has 1 rings (SSSR count). The highest BCUT2D eigenvalue weighted by Crippen LogP contribution is 2.12. The van der Waals surface area contributed by atoms with Gasteiger partial charge in [-0.2, -0.15) is 11.8 Å². The van der Waals surface area contributed by atoms with Gasteiger partial charge in [-0.25, -0.2) is 9.97 Å². The van der Waals surface area contributed by atoms with Crippen LogP contribution in [-0.2, 0) is 12.3 Å². The minimum absolute atomic E-state index is 0.880. The maximum Gasteiger partial charge on any atom is 0.138 e. The van der Waals surface area contributed by atoms with Crippen molar-refractivity contribution in [3.8, 4) is 0 Å². The van der Waals surface area contributed by atoms with Crippen molar-refractivity contribution >= 4 is 11.8 Å². The largest absolute Gasteiger partial charge is 0.313 e. The SMILES string of the molecule is CCCNCc1c(C)nc(CSC)nc1C. The molecule has 0 amide bonds. The summed E-state index contributed by atoms with van der Waals surface area (Å²) in [6, 6.07) is 0. The van der Waals surface area contributed by atoms with E-state index in [0.717, 1.165) is 42.5 Å². The Labute approximate surface area is 102 Å². The van der Waals surface area contributed by atoms with E-state index in [-0.39, 0.29) is 0 Å². The van der Waals surface area contributed by atoms with Crippen molar-refractivity contribution in [1.29, 1.82) is 0 Å². The van der Waals surface area contributed by atoms with Gasteiger partial charge in [0.05, 0.1) is 5.75 Å². The molecule has 1 heterocycles. The van der Waals surface area contributed by atoms with Gasteiger partial charge >= 0.3 is 0 Å². The van der Waals surface area contributed by atoms with Crippen LogP contribution in [-0.4, -0.2) is 22.8 Å². The van der Waals surface area contributed by atoms with Crippen molar-refractivity contribution in [2.24, 2.45) is 0 Å². The molecule has 0 aliphatic heterocycles. The van der Waals surface area contributed by atoms with Gasteiger partial charge in [-0.1, -0.05) is 6.92 Å². The van der Waals surface area contributed by atoms with Gasteiger partial charge in [-0.05, 0) is 33.1 Å². The summed E-state index contributed by atoms with van der Waals surface area (Å²) >= 11 is 1.76. The number of aromatic nitrogens is 2. The molecule has 0 bridgehead atoms. The van der Waals surface area contributed by atoms with Crippen molar-refractivity contribution < 1.29 is 0 Å². The molecule has 90 valence electrons. The fraction of sp³-hybridized carbons (Fsp3) is 0.667. The van der Waals surface area contributed by atoms with E-state index in [9.17, 15) is 0 Å². The molecule has 0 saturated carbocycles. The van der Waals surface area contributed by atoms with Crippen LogP contribution in [0.4, 0.5) is 0 Å². The molecule has 0 aromatic carbocycles. The van der Waals surface area contributed by atoms with Crippen molar-refractivity contribution in [1.82, 2.24) is 15.3 Å². The molecule has 1 N–H and O–H groups in total. The molecule has 0 aliphatic rings. The first kappa shape index (κ1) is 13.5. The van der Waals surface area contributed by atoms with Gasteiger partial charge in [0.15, 0.2) is 0 Å².